The van der Waals surface area contributed by atoms with E-state index in [4.69, 9.17) is 21.1 Å². The summed E-state index contributed by atoms with van der Waals surface area (Å²) >= 11 is 6.21. The number of nitrogens with one attached hydrogen (secondary N) is 2. The van der Waals surface area contributed by atoms with Crippen molar-refractivity contribution in [3.63, 3.8) is 0 Å². The van der Waals surface area contributed by atoms with Crippen LogP contribution in [0.2, 0.25) is 5.02 Å². The largest absolute Gasteiger partial charge is 0.495 e. The standard InChI is InChI=1S/C20H29ClN2O3/c1-11(15-8-13-5-6-14(15)7-13)23-20(24)12(2)22-17-9-16(21)18(25-3)10-19(17)26-4/h9-15,22H,5-8H2,1-4H3,(H,23,24). The highest BCUT2D eigenvalue weighted by Crippen LogP contribution is 2.49. The van der Waals surface area contributed by atoms with E-state index >= 15 is 0 Å². The third kappa shape index (κ3) is 3.88. The molecule has 0 heterocycles. The minimum Gasteiger partial charge on any atom is -0.495 e. The number of amides is 1. The second-order valence-electron chi connectivity index (χ2n) is 7.69. The molecule has 2 fully saturated rings. The van der Waals surface area contributed by atoms with Crippen molar-refractivity contribution >= 4 is 23.2 Å². The van der Waals surface area contributed by atoms with Gasteiger partial charge in [0.2, 0.25) is 5.91 Å². The van der Waals surface area contributed by atoms with Gasteiger partial charge in [0.05, 0.1) is 24.9 Å². The van der Waals surface area contributed by atoms with Crippen molar-refractivity contribution in [1.29, 1.82) is 0 Å². The molecule has 2 bridgehead atoms. The lowest BCUT2D eigenvalue weighted by Crippen LogP contribution is -2.46. The van der Waals surface area contributed by atoms with Crippen LogP contribution in [0.15, 0.2) is 12.1 Å². The molecule has 0 aromatic heterocycles. The monoisotopic (exact) mass is 380 g/mol. The number of hydrogen-bond donors (Lipinski definition) is 2. The van der Waals surface area contributed by atoms with Crippen molar-refractivity contribution in [2.24, 2.45) is 17.8 Å². The molecule has 1 aromatic rings. The Hall–Kier alpha value is -1.62. The Morgan fingerprint density at radius 2 is 1.88 bits per heavy atom. The lowest BCUT2D eigenvalue weighted by molar-refractivity contribution is -0.122. The lowest BCUT2D eigenvalue weighted by atomic mass is 9.84. The van der Waals surface area contributed by atoms with Gasteiger partial charge in [-0.25, -0.2) is 0 Å². The fraction of sp³-hybridized carbons (Fsp3) is 0.650. The van der Waals surface area contributed by atoms with Crippen molar-refractivity contribution in [3.8, 4) is 11.5 Å². The number of halogens is 1. The zero-order chi connectivity index (χ0) is 18.8. The number of fused-ring (bicyclic) bond motifs is 2. The van der Waals surface area contributed by atoms with Crippen LogP contribution in [0.4, 0.5) is 5.69 Å². The molecule has 6 heteroatoms. The van der Waals surface area contributed by atoms with E-state index in [9.17, 15) is 4.79 Å². The molecule has 5 nitrogen and oxygen atoms in total. The molecule has 1 aromatic carbocycles. The van der Waals surface area contributed by atoms with Gasteiger partial charge >= 0.3 is 0 Å². The normalized spacial score (nSPS) is 26.3. The summed E-state index contributed by atoms with van der Waals surface area (Å²) < 4.78 is 10.6. The first-order valence-electron chi connectivity index (χ1n) is 9.41. The molecule has 2 saturated carbocycles. The number of rotatable bonds is 7. The molecule has 0 saturated heterocycles. The molecule has 3 rings (SSSR count). The zero-order valence-electron chi connectivity index (χ0n) is 16.0. The average molecular weight is 381 g/mol. The molecule has 2 aliphatic rings. The first kappa shape index (κ1) is 19.2. The van der Waals surface area contributed by atoms with E-state index in [-0.39, 0.29) is 11.9 Å². The highest BCUT2D eigenvalue weighted by Gasteiger charge is 2.42. The SMILES string of the molecule is COc1cc(OC)c(NC(C)C(=O)NC(C)C2CC3CCC2C3)cc1Cl. The van der Waals surface area contributed by atoms with Crippen LogP contribution in [0.3, 0.4) is 0 Å². The summed E-state index contributed by atoms with van der Waals surface area (Å²) in [6.07, 6.45) is 5.30. The molecule has 2 aliphatic carbocycles. The summed E-state index contributed by atoms with van der Waals surface area (Å²) in [5.74, 6) is 3.41. The molecular weight excluding hydrogens is 352 g/mol. The molecule has 144 valence electrons. The Morgan fingerprint density at radius 1 is 1.15 bits per heavy atom. The summed E-state index contributed by atoms with van der Waals surface area (Å²) in [7, 11) is 3.14. The fourth-order valence-corrected chi connectivity index (χ4v) is 4.88. The van der Waals surface area contributed by atoms with Crippen LogP contribution >= 0.6 is 11.6 Å². The molecule has 5 unspecified atom stereocenters. The molecule has 0 radical (unpaired) electrons. The number of anilines is 1. The Labute approximate surface area is 160 Å². The quantitative estimate of drug-likeness (QED) is 0.747. The van der Waals surface area contributed by atoms with Crippen molar-refractivity contribution < 1.29 is 14.3 Å². The van der Waals surface area contributed by atoms with Crippen LogP contribution in [-0.4, -0.2) is 32.2 Å². The van der Waals surface area contributed by atoms with Crippen LogP contribution < -0.4 is 20.1 Å². The molecule has 1 amide bonds. The van der Waals surface area contributed by atoms with Gasteiger partial charge in [0.1, 0.15) is 17.5 Å². The maximum absolute atomic E-state index is 12.7. The van der Waals surface area contributed by atoms with Gasteiger partial charge in [-0.2, -0.15) is 0 Å². The summed E-state index contributed by atoms with van der Waals surface area (Å²) in [6.45, 7) is 3.99. The average Bonchev–Trinajstić information content (AvgIpc) is 3.25. The highest BCUT2D eigenvalue weighted by atomic mass is 35.5. The Bertz CT molecular complexity index is 667. The predicted molar refractivity (Wildman–Crippen MR) is 104 cm³/mol. The van der Waals surface area contributed by atoms with Crippen molar-refractivity contribution in [3.05, 3.63) is 17.2 Å². The van der Waals surface area contributed by atoms with Crippen molar-refractivity contribution in [2.45, 2.75) is 51.6 Å². The number of benzene rings is 1. The number of hydrogen-bond acceptors (Lipinski definition) is 4. The summed E-state index contributed by atoms with van der Waals surface area (Å²) in [4.78, 5) is 12.7. The van der Waals surface area contributed by atoms with Gasteiger partial charge < -0.3 is 20.1 Å². The lowest BCUT2D eigenvalue weighted by Gasteiger charge is -2.29. The van der Waals surface area contributed by atoms with E-state index in [0.29, 0.717) is 28.1 Å². The van der Waals surface area contributed by atoms with Gasteiger partial charge in [-0.15, -0.1) is 0 Å². The summed E-state index contributed by atoms with van der Waals surface area (Å²) in [5, 5.41) is 6.88. The minimum atomic E-state index is -0.394. The molecule has 0 spiro atoms. The van der Waals surface area contributed by atoms with Gasteiger partial charge in [-0.05, 0) is 56.9 Å². The van der Waals surface area contributed by atoms with Crippen LogP contribution in [0.25, 0.3) is 0 Å². The highest BCUT2D eigenvalue weighted by molar-refractivity contribution is 6.32. The van der Waals surface area contributed by atoms with Gasteiger partial charge in [0.25, 0.3) is 0 Å². The maximum atomic E-state index is 12.7. The summed E-state index contributed by atoms with van der Waals surface area (Å²) in [6, 6.07) is 3.26. The third-order valence-electron chi connectivity index (χ3n) is 6.04. The molecule has 26 heavy (non-hydrogen) atoms. The third-order valence-corrected chi connectivity index (χ3v) is 6.34. The second-order valence-corrected chi connectivity index (χ2v) is 8.10. The van der Waals surface area contributed by atoms with Crippen LogP contribution in [-0.2, 0) is 4.79 Å². The minimum absolute atomic E-state index is 0.00531. The van der Waals surface area contributed by atoms with Gasteiger partial charge in [-0.1, -0.05) is 18.0 Å². The van der Waals surface area contributed by atoms with E-state index in [0.717, 1.165) is 11.8 Å². The number of ether oxygens (including phenoxy) is 2. The van der Waals surface area contributed by atoms with E-state index < -0.39 is 6.04 Å². The van der Waals surface area contributed by atoms with Crippen LogP contribution in [0.1, 0.15) is 39.5 Å². The van der Waals surface area contributed by atoms with E-state index in [1.165, 1.54) is 25.7 Å². The Kier molecular flexibility index (Phi) is 5.86. The van der Waals surface area contributed by atoms with Crippen LogP contribution in [0, 0.1) is 17.8 Å². The fourth-order valence-electron chi connectivity index (χ4n) is 4.63. The molecule has 5 atom stereocenters. The van der Waals surface area contributed by atoms with Crippen LogP contribution in [0.5, 0.6) is 11.5 Å². The van der Waals surface area contributed by atoms with Crippen molar-refractivity contribution in [2.75, 3.05) is 19.5 Å². The molecular formula is C20H29ClN2O3. The van der Waals surface area contributed by atoms with E-state index in [2.05, 4.69) is 17.6 Å². The smallest absolute Gasteiger partial charge is 0.242 e. The van der Waals surface area contributed by atoms with E-state index in [1.807, 2.05) is 6.92 Å². The summed E-state index contributed by atoms with van der Waals surface area (Å²) in [5.41, 5.74) is 0.675. The van der Waals surface area contributed by atoms with Crippen molar-refractivity contribution in [1.82, 2.24) is 5.32 Å². The topological polar surface area (TPSA) is 59.6 Å². The van der Waals surface area contributed by atoms with Gasteiger partial charge in [0, 0.05) is 12.1 Å². The first-order valence-corrected chi connectivity index (χ1v) is 9.79. The maximum Gasteiger partial charge on any atom is 0.242 e. The first-order chi connectivity index (χ1) is 12.4. The number of methoxy groups -OCH3 is 2. The number of carbonyl (C=O) groups excluding carboxylic acids is 1. The van der Waals surface area contributed by atoms with Gasteiger partial charge in [-0.3, -0.25) is 4.79 Å². The van der Waals surface area contributed by atoms with Gasteiger partial charge in [0.15, 0.2) is 0 Å². The van der Waals surface area contributed by atoms with E-state index in [1.54, 1.807) is 26.4 Å². The zero-order valence-corrected chi connectivity index (χ0v) is 16.7. The predicted octanol–water partition coefficient (Wildman–Crippen LogP) is 4.10. The molecule has 2 N–H and O–H groups in total. The Morgan fingerprint density at radius 3 is 2.46 bits per heavy atom. The second kappa shape index (κ2) is 7.95. The Balaban J connectivity index is 1.61. The number of carbonyl (C=O) groups is 1. The molecule has 0 aliphatic heterocycles.